The van der Waals surface area contributed by atoms with Crippen LogP contribution in [0.25, 0.3) is 0 Å². The molecule has 0 unspecified atom stereocenters. The number of likely N-dealkylation sites (N-methyl/N-ethyl adjacent to an activating group) is 1. The number of anilines is 1. The molecule has 6 nitrogen and oxygen atoms in total. The highest BCUT2D eigenvalue weighted by Crippen LogP contribution is 2.24. The van der Waals surface area contributed by atoms with Crippen LogP contribution in [0.2, 0.25) is 0 Å². The highest BCUT2D eigenvalue weighted by atomic mass is 16.3. The maximum absolute atomic E-state index is 12.8. The van der Waals surface area contributed by atoms with Gasteiger partial charge in [0.05, 0.1) is 13.2 Å². The van der Waals surface area contributed by atoms with Crippen molar-refractivity contribution in [3.8, 4) is 0 Å². The molecule has 0 fully saturated rings. The van der Waals surface area contributed by atoms with Crippen molar-refractivity contribution in [3.05, 3.63) is 29.8 Å². The molecule has 2 rings (SSSR count). The number of amides is 2. The summed E-state index contributed by atoms with van der Waals surface area (Å²) in [7, 11) is 0. The normalized spacial score (nSPS) is 16.9. The Bertz CT molecular complexity index is 650. The van der Waals surface area contributed by atoms with Gasteiger partial charge in [-0.3, -0.25) is 14.5 Å². The maximum atomic E-state index is 12.8. The first kappa shape index (κ1) is 23.4. The van der Waals surface area contributed by atoms with Crippen molar-refractivity contribution in [3.63, 3.8) is 0 Å². The zero-order chi connectivity index (χ0) is 21.1. The van der Waals surface area contributed by atoms with E-state index in [1.54, 1.807) is 11.8 Å². The second-order valence-corrected chi connectivity index (χ2v) is 7.83. The van der Waals surface area contributed by atoms with Gasteiger partial charge >= 0.3 is 0 Å². The van der Waals surface area contributed by atoms with Gasteiger partial charge in [0, 0.05) is 38.8 Å². The van der Waals surface area contributed by atoms with Gasteiger partial charge in [0.15, 0.2) is 0 Å². The monoisotopic (exact) mass is 403 g/mol. The molecule has 0 aliphatic carbocycles. The number of carbonyl (C=O) groups is 2. The molecule has 162 valence electrons. The molecular weight excluding hydrogens is 366 g/mol. The predicted octanol–water partition coefficient (Wildman–Crippen LogP) is 3.04. The van der Waals surface area contributed by atoms with E-state index in [2.05, 4.69) is 11.0 Å². The lowest BCUT2D eigenvalue weighted by atomic mass is 10.1. The number of carbonyl (C=O) groups excluding carboxylic acids is 2. The molecule has 6 heteroatoms. The smallest absolute Gasteiger partial charge is 0.236 e. The lowest BCUT2D eigenvalue weighted by molar-refractivity contribution is -0.133. The zero-order valence-electron chi connectivity index (χ0n) is 18.1. The van der Waals surface area contributed by atoms with Crippen LogP contribution in [-0.2, 0) is 16.1 Å². The number of nitrogens with zero attached hydrogens (tertiary/aromatic N) is 3. The number of aliphatic hydroxyl groups excluding tert-OH is 1. The Labute approximate surface area is 175 Å². The van der Waals surface area contributed by atoms with Gasteiger partial charge < -0.3 is 14.9 Å². The van der Waals surface area contributed by atoms with E-state index in [1.807, 2.05) is 30.0 Å². The number of aliphatic hydroxyl groups is 1. The standard InChI is InChI=1S/C23H37N3O3/c1-3-25(16-17-27)23(29)19-24-14-10-6-4-5-7-11-15-26(20(2)28)22-13-9-8-12-21(22)18-24/h8-9,12-13,27H,3-7,10-11,14-19H2,1-2H3. The van der Waals surface area contributed by atoms with Gasteiger partial charge in [-0.25, -0.2) is 0 Å². The summed E-state index contributed by atoms with van der Waals surface area (Å²) in [5.41, 5.74) is 2.04. The van der Waals surface area contributed by atoms with Crippen LogP contribution >= 0.6 is 0 Å². The van der Waals surface area contributed by atoms with Crippen molar-refractivity contribution >= 4 is 17.5 Å². The first-order valence-electron chi connectivity index (χ1n) is 11.0. The Morgan fingerprint density at radius 1 is 1.03 bits per heavy atom. The van der Waals surface area contributed by atoms with Crippen molar-refractivity contribution in [1.29, 1.82) is 0 Å². The van der Waals surface area contributed by atoms with Crippen molar-refractivity contribution in [2.24, 2.45) is 0 Å². The van der Waals surface area contributed by atoms with Crippen LogP contribution in [0, 0.1) is 0 Å². The first-order valence-corrected chi connectivity index (χ1v) is 11.0. The first-order chi connectivity index (χ1) is 14.1. The van der Waals surface area contributed by atoms with Gasteiger partial charge in [-0.15, -0.1) is 0 Å². The summed E-state index contributed by atoms with van der Waals surface area (Å²) in [6.07, 6.45) is 6.77. The van der Waals surface area contributed by atoms with Crippen molar-refractivity contribution < 1.29 is 14.7 Å². The number of benzene rings is 1. The van der Waals surface area contributed by atoms with Crippen LogP contribution in [0.15, 0.2) is 24.3 Å². The Balaban J connectivity index is 2.24. The minimum Gasteiger partial charge on any atom is -0.395 e. The third-order valence-electron chi connectivity index (χ3n) is 5.63. The minimum absolute atomic E-state index is 0.0179. The Hall–Kier alpha value is -1.92. The summed E-state index contributed by atoms with van der Waals surface area (Å²) in [4.78, 5) is 30.9. The molecule has 2 amide bonds. The molecule has 29 heavy (non-hydrogen) atoms. The van der Waals surface area contributed by atoms with E-state index in [0.717, 1.165) is 50.0 Å². The molecule has 1 heterocycles. The van der Waals surface area contributed by atoms with Gasteiger partial charge in [0.25, 0.3) is 0 Å². The van der Waals surface area contributed by atoms with Crippen LogP contribution in [0.5, 0.6) is 0 Å². The molecule has 1 aliphatic heterocycles. The van der Waals surface area contributed by atoms with Crippen molar-refractivity contribution in [2.75, 3.05) is 44.2 Å². The SMILES string of the molecule is CCN(CCO)C(=O)CN1CCCCCCCCN(C(C)=O)c2ccccc2C1. The molecule has 1 aliphatic rings. The Morgan fingerprint density at radius 2 is 1.69 bits per heavy atom. The van der Waals surface area contributed by atoms with Gasteiger partial charge in [-0.1, -0.05) is 43.9 Å². The van der Waals surface area contributed by atoms with Crippen molar-refractivity contribution in [1.82, 2.24) is 9.80 Å². The van der Waals surface area contributed by atoms with Gasteiger partial charge in [-0.05, 0) is 37.9 Å². The molecule has 0 radical (unpaired) electrons. The summed E-state index contributed by atoms with van der Waals surface area (Å²) < 4.78 is 0. The molecule has 1 aromatic rings. The van der Waals surface area contributed by atoms with Crippen LogP contribution in [-0.4, -0.2) is 66.1 Å². The van der Waals surface area contributed by atoms with E-state index in [4.69, 9.17) is 0 Å². The van der Waals surface area contributed by atoms with E-state index in [0.29, 0.717) is 26.2 Å². The molecule has 0 bridgehead atoms. The number of hydrogen-bond donors (Lipinski definition) is 1. The summed E-state index contributed by atoms with van der Waals surface area (Å²) in [5, 5.41) is 9.22. The highest BCUT2D eigenvalue weighted by molar-refractivity contribution is 5.92. The lowest BCUT2D eigenvalue weighted by Crippen LogP contribution is -2.42. The quantitative estimate of drug-likeness (QED) is 0.821. The number of fused-ring (bicyclic) bond motifs is 1. The molecule has 0 spiro atoms. The largest absolute Gasteiger partial charge is 0.395 e. The Kier molecular flexibility index (Phi) is 10.2. The zero-order valence-corrected chi connectivity index (χ0v) is 18.1. The molecule has 0 saturated carbocycles. The molecular formula is C23H37N3O3. The van der Waals surface area contributed by atoms with Gasteiger partial charge in [-0.2, -0.15) is 0 Å². The lowest BCUT2D eigenvalue weighted by Gasteiger charge is -2.29. The molecule has 0 saturated heterocycles. The highest BCUT2D eigenvalue weighted by Gasteiger charge is 2.20. The number of para-hydroxylation sites is 1. The molecule has 0 atom stereocenters. The third-order valence-corrected chi connectivity index (χ3v) is 5.63. The van der Waals surface area contributed by atoms with Gasteiger partial charge in [0.2, 0.25) is 11.8 Å². The second-order valence-electron chi connectivity index (χ2n) is 7.83. The fourth-order valence-corrected chi connectivity index (χ4v) is 3.99. The third kappa shape index (κ3) is 7.44. The van der Waals surface area contributed by atoms with Crippen LogP contribution in [0.1, 0.15) is 57.9 Å². The molecule has 1 aromatic carbocycles. The summed E-state index contributed by atoms with van der Waals surface area (Å²) in [6, 6.07) is 8.05. The predicted molar refractivity (Wildman–Crippen MR) is 117 cm³/mol. The summed E-state index contributed by atoms with van der Waals surface area (Å²) >= 11 is 0. The van der Waals surface area contributed by atoms with E-state index in [-0.39, 0.29) is 18.4 Å². The van der Waals surface area contributed by atoms with Gasteiger partial charge in [0.1, 0.15) is 0 Å². The number of hydrogen-bond acceptors (Lipinski definition) is 4. The second kappa shape index (κ2) is 12.6. The van der Waals surface area contributed by atoms with Crippen LogP contribution in [0.3, 0.4) is 0 Å². The van der Waals surface area contributed by atoms with Crippen LogP contribution < -0.4 is 4.90 Å². The minimum atomic E-state index is -0.0179. The Morgan fingerprint density at radius 3 is 2.34 bits per heavy atom. The average Bonchev–Trinajstić information content (AvgIpc) is 2.72. The molecule has 1 N–H and O–H groups in total. The molecule has 0 aromatic heterocycles. The fraction of sp³-hybridized carbons (Fsp3) is 0.652. The number of rotatable bonds is 5. The van der Waals surface area contributed by atoms with E-state index < -0.39 is 0 Å². The van der Waals surface area contributed by atoms with E-state index in [9.17, 15) is 14.7 Å². The summed E-state index contributed by atoms with van der Waals surface area (Å²) in [5.74, 6) is 0.113. The van der Waals surface area contributed by atoms with E-state index in [1.165, 1.54) is 12.8 Å². The maximum Gasteiger partial charge on any atom is 0.236 e. The van der Waals surface area contributed by atoms with Crippen molar-refractivity contribution in [2.45, 2.75) is 58.9 Å². The summed E-state index contributed by atoms with van der Waals surface area (Å²) in [6.45, 7) is 7.10. The fourth-order valence-electron chi connectivity index (χ4n) is 3.99. The van der Waals surface area contributed by atoms with Crippen LogP contribution in [0.4, 0.5) is 5.69 Å². The average molecular weight is 404 g/mol. The van der Waals surface area contributed by atoms with E-state index >= 15 is 0 Å². The topological polar surface area (TPSA) is 64.1 Å².